The van der Waals surface area contributed by atoms with E-state index in [4.69, 9.17) is 0 Å². The fourth-order valence-corrected chi connectivity index (χ4v) is 0.630. The monoisotopic (exact) mass is 185 g/mol. The molecular formula is C10H23N3. The van der Waals surface area contributed by atoms with Gasteiger partial charge >= 0.3 is 0 Å². The minimum atomic E-state index is 0.485. The molecule has 0 aromatic carbocycles. The predicted molar refractivity (Wildman–Crippen MR) is 57.8 cm³/mol. The summed E-state index contributed by atoms with van der Waals surface area (Å²) in [5.41, 5.74) is 1.05. The molecule has 78 valence electrons. The van der Waals surface area contributed by atoms with Gasteiger partial charge in [-0.1, -0.05) is 46.8 Å². The lowest BCUT2D eigenvalue weighted by molar-refractivity contribution is 0.710. The number of hydrogen-bond donors (Lipinski definition) is 0. The van der Waals surface area contributed by atoms with Crippen molar-refractivity contribution in [2.75, 3.05) is 0 Å². The second kappa shape index (κ2) is 9.23. The Morgan fingerprint density at radius 2 is 1.62 bits per heavy atom. The summed E-state index contributed by atoms with van der Waals surface area (Å²) in [7, 11) is 1.87. The fourth-order valence-electron chi connectivity index (χ4n) is 0.630. The second-order valence-corrected chi connectivity index (χ2v) is 2.47. The predicted octanol–water partition coefficient (Wildman–Crippen LogP) is 2.99. The summed E-state index contributed by atoms with van der Waals surface area (Å²) in [5.74, 6) is 0.485. The zero-order chi connectivity index (χ0) is 10.9. The van der Waals surface area contributed by atoms with Crippen LogP contribution in [0.1, 0.15) is 53.2 Å². The van der Waals surface area contributed by atoms with Gasteiger partial charge in [-0.25, -0.2) is 0 Å². The maximum Gasteiger partial charge on any atom is 0.0852 e. The first kappa shape index (κ1) is 14.7. The van der Waals surface area contributed by atoms with Gasteiger partial charge < -0.3 is 0 Å². The summed E-state index contributed by atoms with van der Waals surface area (Å²) in [5, 5.41) is 7.73. The zero-order valence-corrected chi connectivity index (χ0v) is 10.00. The summed E-state index contributed by atoms with van der Waals surface area (Å²) in [4.78, 5) is 0. The van der Waals surface area contributed by atoms with Gasteiger partial charge in [0.05, 0.1) is 5.69 Å². The Balaban J connectivity index is 0. The van der Waals surface area contributed by atoms with Crippen LogP contribution in [0, 0.1) is 0 Å². The molecule has 1 heterocycles. The minimum absolute atomic E-state index is 0.485. The highest BCUT2D eigenvalue weighted by Crippen LogP contribution is 2.07. The van der Waals surface area contributed by atoms with Crippen LogP contribution >= 0.6 is 0 Å². The first-order chi connectivity index (χ1) is 6.20. The fraction of sp³-hybridized carbons (Fsp3) is 0.800. The first-order valence-corrected chi connectivity index (χ1v) is 5.06. The number of hydrogen-bond acceptors (Lipinski definition) is 2. The van der Waals surface area contributed by atoms with Crippen LogP contribution in [0.25, 0.3) is 0 Å². The van der Waals surface area contributed by atoms with E-state index in [1.807, 2.05) is 40.9 Å². The Morgan fingerprint density at radius 3 is 1.77 bits per heavy atom. The number of rotatable bonds is 1. The lowest BCUT2D eigenvalue weighted by Gasteiger charge is -1.93. The molecule has 3 heteroatoms. The topological polar surface area (TPSA) is 30.7 Å². The highest BCUT2D eigenvalue weighted by Gasteiger charge is 2.00. The molecule has 1 aromatic heterocycles. The number of aromatic nitrogens is 3. The Labute approximate surface area is 82.2 Å². The lowest BCUT2D eigenvalue weighted by atomic mass is 10.2. The molecule has 0 spiro atoms. The highest BCUT2D eigenvalue weighted by molar-refractivity contribution is 4.97. The van der Waals surface area contributed by atoms with Crippen molar-refractivity contribution in [2.45, 2.75) is 47.5 Å². The van der Waals surface area contributed by atoms with Gasteiger partial charge in [0.25, 0.3) is 0 Å². The van der Waals surface area contributed by atoms with Gasteiger partial charge in [0.1, 0.15) is 0 Å². The van der Waals surface area contributed by atoms with Crippen LogP contribution in [-0.2, 0) is 7.05 Å². The van der Waals surface area contributed by atoms with Crippen LogP contribution in [0.3, 0.4) is 0 Å². The average Bonchev–Trinajstić information content (AvgIpc) is 2.59. The lowest BCUT2D eigenvalue weighted by Crippen LogP contribution is -1.85. The van der Waals surface area contributed by atoms with Crippen molar-refractivity contribution >= 4 is 0 Å². The summed E-state index contributed by atoms with van der Waals surface area (Å²) < 4.78 is 1.72. The molecule has 0 amide bonds. The quantitative estimate of drug-likeness (QED) is 0.673. The molecule has 13 heavy (non-hydrogen) atoms. The van der Waals surface area contributed by atoms with E-state index in [9.17, 15) is 0 Å². The normalized spacial score (nSPS) is 8.31. The minimum Gasteiger partial charge on any atom is -0.255 e. The zero-order valence-electron chi connectivity index (χ0n) is 10.00. The molecule has 0 aliphatic rings. The van der Waals surface area contributed by atoms with E-state index >= 15 is 0 Å². The van der Waals surface area contributed by atoms with E-state index in [0.29, 0.717) is 5.92 Å². The van der Waals surface area contributed by atoms with Crippen molar-refractivity contribution in [1.82, 2.24) is 15.0 Å². The van der Waals surface area contributed by atoms with Crippen LogP contribution in [0.2, 0.25) is 0 Å². The molecule has 0 N–H and O–H groups in total. The molecule has 0 bridgehead atoms. The second-order valence-electron chi connectivity index (χ2n) is 2.47. The molecule has 0 saturated carbocycles. The van der Waals surface area contributed by atoms with E-state index in [2.05, 4.69) is 24.2 Å². The van der Waals surface area contributed by atoms with E-state index < -0.39 is 0 Å². The van der Waals surface area contributed by atoms with Gasteiger partial charge in [0, 0.05) is 13.2 Å². The number of aryl methyl sites for hydroxylation is 1. The molecule has 1 aromatic rings. The maximum atomic E-state index is 3.93. The molecule has 3 nitrogen and oxygen atoms in total. The first-order valence-electron chi connectivity index (χ1n) is 5.06. The van der Waals surface area contributed by atoms with Crippen molar-refractivity contribution in [2.24, 2.45) is 7.05 Å². The molecule has 0 fully saturated rings. The van der Waals surface area contributed by atoms with Crippen LogP contribution in [0.15, 0.2) is 6.20 Å². The average molecular weight is 185 g/mol. The van der Waals surface area contributed by atoms with Gasteiger partial charge in [-0.05, 0) is 5.92 Å². The van der Waals surface area contributed by atoms with Crippen LogP contribution < -0.4 is 0 Å². The SMILES string of the molecule is CC.CC.CC(C)c1cn(C)nn1. The Morgan fingerprint density at radius 1 is 1.15 bits per heavy atom. The van der Waals surface area contributed by atoms with Gasteiger partial charge in [-0.15, -0.1) is 5.10 Å². The van der Waals surface area contributed by atoms with Crippen molar-refractivity contribution in [1.29, 1.82) is 0 Å². The standard InChI is InChI=1S/C6H11N3.2C2H6/c1-5(2)6-4-9(3)8-7-6;2*1-2/h4-5H,1-3H3;2*1-2H3. The van der Waals surface area contributed by atoms with Crippen molar-refractivity contribution in [3.8, 4) is 0 Å². The Bertz CT molecular complexity index is 192. The molecule has 0 aliphatic heterocycles. The smallest absolute Gasteiger partial charge is 0.0852 e. The van der Waals surface area contributed by atoms with Crippen LogP contribution in [-0.4, -0.2) is 15.0 Å². The largest absolute Gasteiger partial charge is 0.255 e. The summed E-state index contributed by atoms with van der Waals surface area (Å²) in [6.07, 6.45) is 1.94. The third-order valence-electron chi connectivity index (χ3n) is 1.21. The van der Waals surface area contributed by atoms with E-state index in [1.54, 1.807) is 4.68 Å². The van der Waals surface area contributed by atoms with E-state index in [1.165, 1.54) is 0 Å². The van der Waals surface area contributed by atoms with E-state index in [-0.39, 0.29) is 0 Å². The molecule has 0 radical (unpaired) electrons. The Hall–Kier alpha value is -0.860. The maximum absolute atomic E-state index is 3.93. The molecule has 0 unspecified atom stereocenters. The van der Waals surface area contributed by atoms with Crippen molar-refractivity contribution in [3.63, 3.8) is 0 Å². The van der Waals surface area contributed by atoms with Crippen molar-refractivity contribution < 1.29 is 0 Å². The molecular weight excluding hydrogens is 162 g/mol. The van der Waals surface area contributed by atoms with Gasteiger partial charge in [-0.3, -0.25) is 4.68 Å². The molecule has 0 saturated heterocycles. The van der Waals surface area contributed by atoms with Crippen LogP contribution in [0.5, 0.6) is 0 Å². The van der Waals surface area contributed by atoms with Gasteiger partial charge in [0.2, 0.25) is 0 Å². The van der Waals surface area contributed by atoms with Gasteiger partial charge in [-0.2, -0.15) is 0 Å². The highest BCUT2D eigenvalue weighted by atomic mass is 15.4. The van der Waals surface area contributed by atoms with Gasteiger partial charge in [0.15, 0.2) is 0 Å². The van der Waals surface area contributed by atoms with Crippen LogP contribution in [0.4, 0.5) is 0 Å². The van der Waals surface area contributed by atoms with Crippen molar-refractivity contribution in [3.05, 3.63) is 11.9 Å². The third kappa shape index (κ3) is 6.31. The summed E-state index contributed by atoms with van der Waals surface area (Å²) in [6, 6.07) is 0. The third-order valence-corrected chi connectivity index (χ3v) is 1.21. The van der Waals surface area contributed by atoms with E-state index in [0.717, 1.165) is 5.69 Å². The molecule has 0 aliphatic carbocycles. The summed E-state index contributed by atoms with van der Waals surface area (Å²) in [6.45, 7) is 12.2. The Kier molecular flexibility index (Phi) is 10.4. The molecule has 1 rings (SSSR count). The molecule has 0 atom stereocenters. The summed E-state index contributed by atoms with van der Waals surface area (Å²) >= 11 is 0. The number of nitrogens with zero attached hydrogens (tertiary/aromatic N) is 3.